The van der Waals surface area contributed by atoms with E-state index in [4.69, 9.17) is 4.74 Å². The molecular formula is C25H23FN4O4. The van der Waals surface area contributed by atoms with Crippen molar-refractivity contribution in [1.82, 2.24) is 9.88 Å². The van der Waals surface area contributed by atoms with Crippen LogP contribution in [0.1, 0.15) is 31.8 Å². The summed E-state index contributed by atoms with van der Waals surface area (Å²) in [7, 11) is 0. The van der Waals surface area contributed by atoms with Gasteiger partial charge in [-0.1, -0.05) is 0 Å². The van der Waals surface area contributed by atoms with Crippen LogP contribution in [0.15, 0.2) is 42.6 Å². The third-order valence-corrected chi connectivity index (χ3v) is 6.04. The lowest BCUT2D eigenvalue weighted by molar-refractivity contribution is 0.0303. The van der Waals surface area contributed by atoms with Crippen LogP contribution in [0.25, 0.3) is 0 Å². The van der Waals surface area contributed by atoms with E-state index < -0.39 is 5.82 Å². The number of phenolic OH excluding ortho intramolecular Hbond substituents is 1. The molecule has 3 N–H and O–H groups in total. The first-order valence-corrected chi connectivity index (χ1v) is 11.0. The highest BCUT2D eigenvalue weighted by Gasteiger charge is 2.26. The Morgan fingerprint density at radius 2 is 1.97 bits per heavy atom. The van der Waals surface area contributed by atoms with Gasteiger partial charge in [-0.3, -0.25) is 9.59 Å². The molecule has 1 amide bonds. The number of morpholine rings is 1. The molecule has 0 unspecified atom stereocenters. The monoisotopic (exact) mass is 462 g/mol. The number of carbonyl (C=O) groups is 2. The summed E-state index contributed by atoms with van der Waals surface area (Å²) in [6, 6.07) is 9.31. The molecule has 34 heavy (non-hydrogen) atoms. The first-order chi connectivity index (χ1) is 16.4. The number of halogens is 1. The molecule has 0 radical (unpaired) electrons. The van der Waals surface area contributed by atoms with Crippen molar-refractivity contribution < 1.29 is 23.8 Å². The van der Waals surface area contributed by atoms with Gasteiger partial charge in [0.05, 0.1) is 30.2 Å². The first kappa shape index (κ1) is 21.8. The van der Waals surface area contributed by atoms with Crippen LogP contribution in [-0.2, 0) is 11.2 Å². The molecule has 0 atom stereocenters. The molecule has 0 spiro atoms. The maximum atomic E-state index is 14.5. The second-order valence-electron chi connectivity index (χ2n) is 8.33. The van der Waals surface area contributed by atoms with Gasteiger partial charge in [-0.25, -0.2) is 9.37 Å². The fraction of sp³-hybridized carbons (Fsp3) is 0.240. The van der Waals surface area contributed by atoms with E-state index in [-0.39, 0.29) is 35.1 Å². The molecule has 0 bridgehead atoms. The van der Waals surface area contributed by atoms with Gasteiger partial charge in [0.15, 0.2) is 5.78 Å². The molecule has 1 aromatic heterocycles. The Bertz CT molecular complexity index is 1300. The summed E-state index contributed by atoms with van der Waals surface area (Å²) in [4.78, 5) is 32.2. The number of aromatic nitrogens is 1. The number of rotatable bonds is 3. The van der Waals surface area contributed by atoms with Crippen LogP contribution in [0.2, 0.25) is 0 Å². The summed E-state index contributed by atoms with van der Waals surface area (Å²) < 4.78 is 19.8. The van der Waals surface area contributed by atoms with E-state index in [0.717, 1.165) is 0 Å². The Labute approximate surface area is 195 Å². The average molecular weight is 462 g/mol. The fourth-order valence-electron chi connectivity index (χ4n) is 4.18. The number of fused-ring (bicyclic) bond motifs is 2. The van der Waals surface area contributed by atoms with Crippen molar-refractivity contribution in [2.75, 3.05) is 36.9 Å². The Morgan fingerprint density at radius 1 is 1.18 bits per heavy atom. The third-order valence-electron chi connectivity index (χ3n) is 6.04. The van der Waals surface area contributed by atoms with Crippen molar-refractivity contribution in [2.24, 2.45) is 0 Å². The number of nitrogens with zero attached hydrogens (tertiary/aromatic N) is 2. The summed E-state index contributed by atoms with van der Waals surface area (Å²) >= 11 is 0. The van der Waals surface area contributed by atoms with Crippen molar-refractivity contribution in [3.63, 3.8) is 0 Å². The SMILES string of the molecule is Cc1cc(F)c(Nc2ccnc3c2C(=O)Cc2cc(C(=O)N4CCOCC4)ccc2N3)cc1O. The molecule has 2 aromatic carbocycles. The van der Waals surface area contributed by atoms with Crippen LogP contribution in [0.5, 0.6) is 5.75 Å². The summed E-state index contributed by atoms with van der Waals surface area (Å²) in [6.07, 6.45) is 1.55. The largest absolute Gasteiger partial charge is 0.508 e. The number of benzene rings is 2. The van der Waals surface area contributed by atoms with Gasteiger partial charge in [-0.15, -0.1) is 0 Å². The summed E-state index contributed by atoms with van der Waals surface area (Å²) in [5.41, 5.74) is 2.95. The van der Waals surface area contributed by atoms with Crippen LogP contribution in [-0.4, -0.2) is 53.0 Å². The van der Waals surface area contributed by atoms with E-state index in [1.54, 1.807) is 36.1 Å². The highest BCUT2D eigenvalue weighted by molar-refractivity contribution is 6.09. The van der Waals surface area contributed by atoms with Crippen LogP contribution >= 0.6 is 0 Å². The van der Waals surface area contributed by atoms with Gasteiger partial charge in [0.25, 0.3) is 5.91 Å². The van der Waals surface area contributed by atoms with E-state index in [0.29, 0.717) is 60.2 Å². The zero-order valence-electron chi connectivity index (χ0n) is 18.5. The number of ketones is 1. The number of phenols is 1. The molecule has 3 heterocycles. The lowest BCUT2D eigenvalue weighted by Crippen LogP contribution is -2.40. The van der Waals surface area contributed by atoms with E-state index in [1.165, 1.54) is 18.3 Å². The molecule has 9 heteroatoms. The molecule has 1 fully saturated rings. The van der Waals surface area contributed by atoms with Crippen molar-refractivity contribution in [2.45, 2.75) is 13.3 Å². The zero-order chi connectivity index (χ0) is 23.8. The molecule has 0 aliphatic carbocycles. The number of hydrogen-bond donors (Lipinski definition) is 3. The number of hydrogen-bond acceptors (Lipinski definition) is 7. The molecule has 174 valence electrons. The molecule has 2 aliphatic heterocycles. The lowest BCUT2D eigenvalue weighted by Gasteiger charge is -2.27. The van der Waals surface area contributed by atoms with Gasteiger partial charge in [0.1, 0.15) is 17.4 Å². The molecule has 0 saturated carbocycles. The van der Waals surface area contributed by atoms with E-state index >= 15 is 0 Å². The second-order valence-corrected chi connectivity index (χ2v) is 8.33. The number of carbonyl (C=O) groups excluding carboxylic acids is 2. The number of aryl methyl sites for hydroxylation is 1. The number of ether oxygens (including phenoxy) is 1. The van der Waals surface area contributed by atoms with Crippen molar-refractivity contribution in [3.8, 4) is 5.75 Å². The molecular weight excluding hydrogens is 439 g/mol. The predicted molar refractivity (Wildman–Crippen MR) is 125 cm³/mol. The molecule has 2 aliphatic rings. The van der Waals surface area contributed by atoms with E-state index in [1.807, 2.05) is 0 Å². The summed E-state index contributed by atoms with van der Waals surface area (Å²) in [5, 5.41) is 16.1. The number of Topliss-reactive ketones (excluding diaryl/α,β-unsaturated/α-hetero) is 1. The maximum Gasteiger partial charge on any atom is 0.254 e. The fourth-order valence-corrected chi connectivity index (χ4v) is 4.18. The molecule has 5 rings (SSSR count). The minimum absolute atomic E-state index is 0.0432. The second kappa shape index (κ2) is 8.75. The minimum atomic E-state index is -0.551. The molecule has 8 nitrogen and oxygen atoms in total. The first-order valence-electron chi connectivity index (χ1n) is 11.0. The quantitative estimate of drug-likeness (QED) is 0.542. The maximum absolute atomic E-state index is 14.5. The van der Waals surface area contributed by atoms with Gasteiger partial charge in [-0.2, -0.15) is 0 Å². The Balaban J connectivity index is 1.46. The van der Waals surface area contributed by atoms with Crippen LogP contribution in [0, 0.1) is 12.7 Å². The topological polar surface area (TPSA) is 104 Å². The predicted octanol–water partition coefficient (Wildman–Crippen LogP) is 3.93. The number of amides is 1. The highest BCUT2D eigenvalue weighted by Crippen LogP contribution is 2.35. The smallest absolute Gasteiger partial charge is 0.254 e. The van der Waals surface area contributed by atoms with Crippen molar-refractivity contribution >= 4 is 34.6 Å². The summed E-state index contributed by atoms with van der Waals surface area (Å²) in [6.45, 7) is 3.67. The Kier molecular flexibility index (Phi) is 5.62. The normalized spacial score (nSPS) is 15.1. The van der Waals surface area contributed by atoms with Crippen LogP contribution in [0.4, 0.5) is 27.3 Å². The number of anilines is 4. The van der Waals surface area contributed by atoms with Gasteiger partial charge in [-0.05, 0) is 48.4 Å². The lowest BCUT2D eigenvalue weighted by atomic mass is 10.0. The average Bonchev–Trinajstić information content (AvgIpc) is 2.98. The Morgan fingerprint density at radius 3 is 2.76 bits per heavy atom. The van der Waals surface area contributed by atoms with Crippen LogP contribution < -0.4 is 10.6 Å². The van der Waals surface area contributed by atoms with Crippen LogP contribution in [0.3, 0.4) is 0 Å². The standard InChI is InChI=1S/C25H23FN4O4/c1-14-10-17(26)20(13-21(14)31)28-19-4-5-27-24-23(19)22(32)12-16-11-15(2-3-18(16)29-24)25(33)30-6-8-34-9-7-30/h2-5,10-11,13,31H,6-9,12H2,1H3,(H2,27,28,29). The Hall–Kier alpha value is -3.98. The van der Waals surface area contributed by atoms with Crippen molar-refractivity contribution in [1.29, 1.82) is 0 Å². The van der Waals surface area contributed by atoms with E-state index in [2.05, 4.69) is 15.6 Å². The van der Waals surface area contributed by atoms with Gasteiger partial charge >= 0.3 is 0 Å². The van der Waals surface area contributed by atoms with Crippen molar-refractivity contribution in [3.05, 3.63) is 70.7 Å². The third kappa shape index (κ3) is 4.06. The zero-order valence-corrected chi connectivity index (χ0v) is 18.5. The number of pyridine rings is 1. The number of aromatic hydroxyl groups is 1. The molecule has 1 saturated heterocycles. The number of nitrogens with one attached hydrogen (secondary N) is 2. The van der Waals surface area contributed by atoms with Gasteiger partial charge < -0.3 is 25.4 Å². The van der Waals surface area contributed by atoms with E-state index in [9.17, 15) is 19.1 Å². The molecule has 3 aromatic rings. The van der Waals surface area contributed by atoms with Gasteiger partial charge in [0.2, 0.25) is 0 Å². The van der Waals surface area contributed by atoms with Gasteiger partial charge in [0, 0.05) is 43.0 Å². The minimum Gasteiger partial charge on any atom is -0.508 e. The highest BCUT2D eigenvalue weighted by atomic mass is 19.1. The summed E-state index contributed by atoms with van der Waals surface area (Å²) in [5.74, 6) is -0.611.